The largest absolute Gasteiger partial charge is 0.361 e. The topological polar surface area (TPSA) is 79.8 Å². The minimum Gasteiger partial charge on any atom is -0.361 e. The second-order valence-electron chi connectivity index (χ2n) is 8.38. The Morgan fingerprint density at radius 2 is 1.94 bits per heavy atom. The summed E-state index contributed by atoms with van der Waals surface area (Å²) in [6.45, 7) is 4.08. The lowest BCUT2D eigenvalue weighted by molar-refractivity contribution is -0.127. The average molecular weight is 469 g/mol. The van der Waals surface area contributed by atoms with Crippen molar-refractivity contribution in [2.24, 2.45) is 5.92 Å². The minimum absolute atomic E-state index is 0.0923. The first kappa shape index (κ1) is 21.0. The summed E-state index contributed by atoms with van der Waals surface area (Å²) in [6, 6.07) is 9.94. The molecule has 8 heteroatoms. The predicted molar refractivity (Wildman–Crippen MR) is 127 cm³/mol. The van der Waals surface area contributed by atoms with Crippen LogP contribution in [-0.2, 0) is 11.2 Å². The highest BCUT2D eigenvalue weighted by molar-refractivity contribution is 6.38. The monoisotopic (exact) mass is 468 g/mol. The molecule has 0 aliphatic carbocycles. The molecule has 0 saturated carbocycles. The van der Waals surface area contributed by atoms with Gasteiger partial charge in [0.25, 0.3) is 5.56 Å². The number of nitrogens with zero attached hydrogens (tertiary/aromatic N) is 2. The maximum absolute atomic E-state index is 13.7. The number of hydrogen-bond donors (Lipinski definition) is 2. The fraction of sp³-hybridized carbons (Fsp3) is 0.292. The van der Waals surface area contributed by atoms with Crippen LogP contribution in [0.5, 0.6) is 0 Å². The number of halogens is 2. The van der Waals surface area contributed by atoms with Crippen LogP contribution in [0.4, 0.5) is 0 Å². The van der Waals surface area contributed by atoms with E-state index in [9.17, 15) is 9.59 Å². The van der Waals surface area contributed by atoms with Crippen molar-refractivity contribution in [2.75, 3.05) is 0 Å². The summed E-state index contributed by atoms with van der Waals surface area (Å²) in [5, 5.41) is 5.13. The van der Waals surface area contributed by atoms with E-state index in [1.54, 1.807) is 16.7 Å². The van der Waals surface area contributed by atoms with Gasteiger partial charge in [-0.15, -0.1) is 0 Å². The van der Waals surface area contributed by atoms with Gasteiger partial charge in [0.1, 0.15) is 11.9 Å². The molecule has 4 aromatic rings. The van der Waals surface area contributed by atoms with Gasteiger partial charge in [0.05, 0.1) is 22.0 Å². The molecule has 6 nitrogen and oxygen atoms in total. The van der Waals surface area contributed by atoms with Crippen molar-refractivity contribution in [2.45, 2.75) is 38.8 Å². The molecule has 1 unspecified atom stereocenters. The Balaban J connectivity index is 1.74. The summed E-state index contributed by atoms with van der Waals surface area (Å²) in [6.07, 6.45) is 3.07. The molecular formula is C24H22Cl2N4O2. The highest BCUT2D eigenvalue weighted by atomic mass is 35.5. The predicted octanol–water partition coefficient (Wildman–Crippen LogP) is 5.19. The number of para-hydroxylation sites is 1. The van der Waals surface area contributed by atoms with Crippen molar-refractivity contribution in [1.82, 2.24) is 19.9 Å². The summed E-state index contributed by atoms with van der Waals surface area (Å²) in [7, 11) is 0. The van der Waals surface area contributed by atoms with Crippen LogP contribution in [-0.4, -0.2) is 20.4 Å². The number of fused-ring (bicyclic) bond motifs is 3. The zero-order valence-corrected chi connectivity index (χ0v) is 19.2. The molecule has 1 aliphatic rings. The third-order valence-electron chi connectivity index (χ3n) is 6.44. The van der Waals surface area contributed by atoms with Crippen molar-refractivity contribution >= 4 is 50.9 Å². The van der Waals surface area contributed by atoms with Gasteiger partial charge in [0, 0.05) is 28.5 Å². The third kappa shape index (κ3) is 3.29. The molecule has 0 saturated heterocycles. The number of benzene rings is 2. The molecule has 0 spiro atoms. The number of H-pyrrole nitrogens is 1. The van der Waals surface area contributed by atoms with E-state index < -0.39 is 6.04 Å². The normalized spacial score (nSPS) is 19.2. The van der Waals surface area contributed by atoms with Crippen LogP contribution in [0.25, 0.3) is 21.8 Å². The van der Waals surface area contributed by atoms with Gasteiger partial charge in [-0.3, -0.25) is 14.2 Å². The van der Waals surface area contributed by atoms with E-state index in [1.165, 1.54) is 0 Å². The van der Waals surface area contributed by atoms with Crippen LogP contribution in [0.15, 0.2) is 47.4 Å². The fourth-order valence-electron chi connectivity index (χ4n) is 4.52. The lowest BCUT2D eigenvalue weighted by Gasteiger charge is -2.35. The van der Waals surface area contributed by atoms with Gasteiger partial charge in [0.2, 0.25) is 5.91 Å². The number of hydrogen-bond acceptors (Lipinski definition) is 3. The zero-order valence-electron chi connectivity index (χ0n) is 17.7. The molecule has 2 N–H and O–H groups in total. The quantitative estimate of drug-likeness (QED) is 0.432. The van der Waals surface area contributed by atoms with Gasteiger partial charge >= 0.3 is 0 Å². The van der Waals surface area contributed by atoms with E-state index in [-0.39, 0.29) is 23.4 Å². The molecule has 32 heavy (non-hydrogen) atoms. The zero-order chi connectivity index (χ0) is 22.6. The first-order chi connectivity index (χ1) is 15.4. The number of aromatic nitrogens is 3. The molecule has 1 amide bonds. The molecule has 3 atom stereocenters. The first-order valence-electron chi connectivity index (χ1n) is 10.7. The molecule has 5 rings (SSSR count). The summed E-state index contributed by atoms with van der Waals surface area (Å²) in [5.41, 5.74) is 2.05. The van der Waals surface area contributed by atoms with E-state index in [0.29, 0.717) is 33.2 Å². The highest BCUT2D eigenvalue weighted by Crippen LogP contribution is 2.34. The van der Waals surface area contributed by atoms with Crippen LogP contribution < -0.4 is 10.9 Å². The number of carbonyl (C=O) groups is 1. The van der Waals surface area contributed by atoms with E-state index in [4.69, 9.17) is 28.2 Å². The number of carbonyl (C=O) groups excluding carboxylic acids is 1. The molecule has 3 heterocycles. The van der Waals surface area contributed by atoms with E-state index in [1.807, 2.05) is 44.3 Å². The lowest BCUT2D eigenvalue weighted by atomic mass is 9.93. The maximum atomic E-state index is 13.7. The molecule has 0 fully saturated rings. The Kier molecular flexibility index (Phi) is 5.22. The van der Waals surface area contributed by atoms with Crippen LogP contribution in [0.2, 0.25) is 10.0 Å². The SMILES string of the molecule is CCC(C)[C@@H]1NC(=O)[C@@H](Cc2c[nH]c3ccccc23)n2c1nc1c(Cl)cc(Cl)cc1c2=O. The Bertz CT molecular complexity index is 1430. The van der Waals surface area contributed by atoms with Gasteiger partial charge < -0.3 is 10.3 Å². The molecule has 0 radical (unpaired) electrons. The van der Waals surface area contributed by atoms with Gasteiger partial charge in [-0.25, -0.2) is 4.98 Å². The molecule has 2 aromatic heterocycles. The first-order valence-corrected chi connectivity index (χ1v) is 11.4. The summed E-state index contributed by atoms with van der Waals surface area (Å²) in [5.74, 6) is 0.435. The fourth-order valence-corrected chi connectivity index (χ4v) is 5.06. The highest BCUT2D eigenvalue weighted by Gasteiger charge is 2.38. The Labute approximate surface area is 194 Å². The average Bonchev–Trinajstić information content (AvgIpc) is 3.18. The van der Waals surface area contributed by atoms with Gasteiger partial charge in [-0.1, -0.05) is 61.7 Å². The second kappa shape index (κ2) is 7.94. The number of rotatable bonds is 4. The van der Waals surface area contributed by atoms with E-state index in [0.717, 1.165) is 22.9 Å². The Morgan fingerprint density at radius 1 is 1.16 bits per heavy atom. The van der Waals surface area contributed by atoms with Crippen molar-refractivity contribution < 1.29 is 4.79 Å². The van der Waals surface area contributed by atoms with Crippen LogP contribution >= 0.6 is 23.2 Å². The van der Waals surface area contributed by atoms with E-state index >= 15 is 0 Å². The number of nitrogens with one attached hydrogen (secondary N) is 2. The smallest absolute Gasteiger partial charge is 0.262 e. The van der Waals surface area contributed by atoms with Gasteiger partial charge in [-0.05, 0) is 29.7 Å². The Hall–Kier alpha value is -2.83. The number of amides is 1. The van der Waals surface area contributed by atoms with E-state index in [2.05, 4.69) is 10.3 Å². The second-order valence-corrected chi connectivity index (χ2v) is 9.22. The third-order valence-corrected chi connectivity index (χ3v) is 6.95. The molecule has 2 aromatic carbocycles. The minimum atomic E-state index is -0.730. The summed E-state index contributed by atoms with van der Waals surface area (Å²) < 4.78 is 1.55. The molecule has 164 valence electrons. The van der Waals surface area contributed by atoms with Gasteiger partial charge in [0.15, 0.2) is 0 Å². The van der Waals surface area contributed by atoms with Gasteiger partial charge in [-0.2, -0.15) is 0 Å². The van der Waals surface area contributed by atoms with Crippen LogP contribution in [0.3, 0.4) is 0 Å². The van der Waals surface area contributed by atoms with Crippen molar-refractivity contribution in [3.63, 3.8) is 0 Å². The Morgan fingerprint density at radius 3 is 2.72 bits per heavy atom. The van der Waals surface area contributed by atoms with Crippen LogP contribution in [0.1, 0.15) is 43.7 Å². The summed E-state index contributed by atoms with van der Waals surface area (Å²) >= 11 is 12.6. The molecular weight excluding hydrogens is 447 g/mol. The van der Waals surface area contributed by atoms with Crippen molar-refractivity contribution in [3.05, 3.63) is 74.4 Å². The molecule has 0 bridgehead atoms. The van der Waals surface area contributed by atoms with Crippen molar-refractivity contribution in [3.8, 4) is 0 Å². The van der Waals surface area contributed by atoms with Crippen LogP contribution in [0, 0.1) is 5.92 Å². The standard InChI is InChI=1S/C24H22Cl2N4O2/c1-3-12(2)20-22-28-21-16(9-14(25)10-17(21)26)24(32)30(22)19(23(31)29-20)8-13-11-27-18-7-5-4-6-15(13)18/h4-7,9-12,19-20,27H,3,8H2,1-2H3,(H,29,31)/t12?,19-,20+/m1/s1. The summed E-state index contributed by atoms with van der Waals surface area (Å²) in [4.78, 5) is 35.0. The maximum Gasteiger partial charge on any atom is 0.262 e. The van der Waals surface area contributed by atoms with Crippen molar-refractivity contribution in [1.29, 1.82) is 0 Å². The number of aromatic amines is 1. The lowest BCUT2D eigenvalue weighted by Crippen LogP contribution is -2.50. The molecule has 1 aliphatic heterocycles.